The number of ether oxygens (including phenoxy) is 1. The van der Waals surface area contributed by atoms with Gasteiger partial charge in [0.1, 0.15) is 11.7 Å². The van der Waals surface area contributed by atoms with Crippen molar-refractivity contribution >= 4 is 53.2 Å². The second kappa shape index (κ2) is 10.1. The van der Waals surface area contributed by atoms with Crippen molar-refractivity contribution in [1.29, 1.82) is 0 Å². The average molecular weight is 441 g/mol. The van der Waals surface area contributed by atoms with Crippen LogP contribution >= 0.6 is 23.5 Å². The van der Waals surface area contributed by atoms with Crippen LogP contribution in [0.5, 0.6) is 5.88 Å². The number of hydrogen-bond acceptors (Lipinski definition) is 7. The number of halogens is 1. The number of benzene rings is 1. The zero-order valence-electron chi connectivity index (χ0n) is 16.8. The topological polar surface area (TPSA) is 83.3 Å². The lowest BCUT2D eigenvalue weighted by Crippen LogP contribution is -2.36. The minimum atomic E-state index is 0.505. The van der Waals surface area contributed by atoms with Gasteiger partial charge in [0.25, 0.3) is 0 Å². The van der Waals surface area contributed by atoms with Crippen molar-refractivity contribution in [1.82, 2.24) is 10.3 Å². The minimum absolute atomic E-state index is 0.505. The fourth-order valence-electron chi connectivity index (χ4n) is 2.82. The largest absolute Gasteiger partial charge is 0.480 e. The average Bonchev–Trinajstić information content (AvgIpc) is 2.78. The van der Waals surface area contributed by atoms with Crippen LogP contribution in [-0.2, 0) is 0 Å². The van der Waals surface area contributed by atoms with Gasteiger partial charge in [0.05, 0.1) is 17.0 Å². The lowest BCUT2D eigenvalue weighted by Gasteiger charge is -2.21. The number of hydrogen-bond donors (Lipinski definition) is 2. The number of methoxy groups -OCH3 is 1. The van der Waals surface area contributed by atoms with Gasteiger partial charge in [-0.15, -0.1) is 0 Å². The SMILES string of the molecule is C=N/C=C1/C=C(c2cccc(NSc3cc(Cl)cnc3OC)c2)C(=NC)NC1=NC. The van der Waals surface area contributed by atoms with Gasteiger partial charge in [-0.3, -0.25) is 15.0 Å². The molecule has 2 heterocycles. The molecule has 9 heteroatoms. The maximum Gasteiger partial charge on any atom is 0.228 e. The molecule has 3 rings (SSSR count). The summed E-state index contributed by atoms with van der Waals surface area (Å²) < 4.78 is 8.61. The first-order valence-corrected chi connectivity index (χ1v) is 10.1. The Kier molecular flexibility index (Phi) is 7.26. The summed E-state index contributed by atoms with van der Waals surface area (Å²) in [7, 11) is 5.03. The van der Waals surface area contributed by atoms with Crippen LogP contribution in [0, 0.1) is 0 Å². The van der Waals surface area contributed by atoms with E-state index in [1.54, 1.807) is 39.7 Å². The molecule has 2 N–H and O–H groups in total. The first-order valence-electron chi connectivity index (χ1n) is 8.91. The van der Waals surface area contributed by atoms with Crippen LogP contribution in [0.1, 0.15) is 5.56 Å². The van der Waals surface area contributed by atoms with Crippen LogP contribution < -0.4 is 14.8 Å². The number of pyridine rings is 1. The Labute approximate surface area is 184 Å². The highest BCUT2D eigenvalue weighted by atomic mass is 35.5. The molecular formula is C21H21ClN6OS. The van der Waals surface area contributed by atoms with Crippen molar-refractivity contribution in [3.05, 3.63) is 65.0 Å². The maximum atomic E-state index is 6.06. The highest BCUT2D eigenvalue weighted by molar-refractivity contribution is 8.00. The highest BCUT2D eigenvalue weighted by Gasteiger charge is 2.20. The zero-order valence-corrected chi connectivity index (χ0v) is 18.4. The molecule has 0 unspecified atom stereocenters. The molecule has 30 heavy (non-hydrogen) atoms. The van der Waals surface area contributed by atoms with E-state index in [0.717, 1.165) is 33.1 Å². The maximum absolute atomic E-state index is 6.06. The molecule has 1 aliphatic heterocycles. The molecule has 0 saturated heterocycles. The molecule has 0 bridgehead atoms. The van der Waals surface area contributed by atoms with Crippen LogP contribution in [0.25, 0.3) is 5.57 Å². The molecule has 1 aliphatic rings. The number of amidine groups is 2. The summed E-state index contributed by atoms with van der Waals surface area (Å²) in [6.45, 7) is 3.54. The van der Waals surface area contributed by atoms with Crippen LogP contribution in [0.2, 0.25) is 5.02 Å². The molecule has 0 radical (unpaired) electrons. The zero-order chi connectivity index (χ0) is 21.5. The fraction of sp³-hybridized carbons (Fsp3) is 0.143. The van der Waals surface area contributed by atoms with E-state index in [9.17, 15) is 0 Å². The van der Waals surface area contributed by atoms with Crippen molar-refractivity contribution in [3.63, 3.8) is 0 Å². The molecule has 7 nitrogen and oxygen atoms in total. The summed E-state index contributed by atoms with van der Waals surface area (Å²) in [6.07, 6.45) is 5.21. The Morgan fingerprint density at radius 2 is 2.03 bits per heavy atom. The third-order valence-electron chi connectivity index (χ3n) is 4.17. The number of aromatic nitrogens is 1. The molecule has 0 fully saturated rings. The van der Waals surface area contributed by atoms with Crippen molar-refractivity contribution in [3.8, 4) is 5.88 Å². The third kappa shape index (κ3) is 4.90. The normalized spacial score (nSPS) is 17.6. The van der Waals surface area contributed by atoms with Crippen LogP contribution in [0.3, 0.4) is 0 Å². The standard InChI is InChI=1S/C21H21ClN6OS/c1-23-11-14-9-17(20(25-3)27-19(14)24-2)13-6-5-7-16(8-13)28-30-18-10-15(22)12-26-21(18)29-4/h5-12,28H,1H2,2-4H3,(H,24,25,27)/b14-11-. The molecular weight excluding hydrogens is 420 g/mol. The summed E-state index contributed by atoms with van der Waals surface area (Å²) in [5, 5.41) is 3.79. The molecule has 0 spiro atoms. The van der Waals surface area contributed by atoms with Gasteiger partial charge in [-0.1, -0.05) is 23.7 Å². The van der Waals surface area contributed by atoms with Gasteiger partial charge >= 0.3 is 0 Å². The molecule has 0 aliphatic carbocycles. The number of anilines is 1. The third-order valence-corrected chi connectivity index (χ3v) is 5.23. The van der Waals surface area contributed by atoms with Gasteiger partial charge in [0.2, 0.25) is 5.88 Å². The van der Waals surface area contributed by atoms with Crippen molar-refractivity contribution in [2.75, 3.05) is 25.9 Å². The molecule has 2 aromatic rings. The van der Waals surface area contributed by atoms with E-state index in [1.807, 2.05) is 30.3 Å². The molecule has 0 saturated carbocycles. The highest BCUT2D eigenvalue weighted by Crippen LogP contribution is 2.31. The molecule has 1 aromatic carbocycles. The van der Waals surface area contributed by atoms with E-state index < -0.39 is 0 Å². The van der Waals surface area contributed by atoms with E-state index in [1.165, 1.54) is 11.9 Å². The summed E-state index contributed by atoms with van der Waals surface area (Å²) in [5.74, 6) is 1.92. The molecule has 1 aromatic heterocycles. The van der Waals surface area contributed by atoms with Crippen LogP contribution in [0.4, 0.5) is 5.69 Å². The lowest BCUT2D eigenvalue weighted by molar-refractivity contribution is 0.387. The number of rotatable bonds is 6. The predicted molar refractivity (Wildman–Crippen MR) is 127 cm³/mol. The van der Waals surface area contributed by atoms with Gasteiger partial charge < -0.3 is 14.8 Å². The van der Waals surface area contributed by atoms with Crippen molar-refractivity contribution in [2.45, 2.75) is 4.90 Å². The summed E-state index contributed by atoms with van der Waals surface area (Å²) in [5.41, 5.74) is 3.64. The number of nitrogens with zero attached hydrogens (tertiary/aromatic N) is 4. The van der Waals surface area contributed by atoms with Crippen molar-refractivity contribution < 1.29 is 4.74 Å². The van der Waals surface area contributed by atoms with Crippen molar-refractivity contribution in [2.24, 2.45) is 15.0 Å². The van der Waals surface area contributed by atoms with Gasteiger partial charge in [0, 0.05) is 43.3 Å². The Balaban J connectivity index is 1.90. The molecule has 0 atom stereocenters. The Morgan fingerprint density at radius 1 is 1.23 bits per heavy atom. The predicted octanol–water partition coefficient (Wildman–Crippen LogP) is 4.49. The lowest BCUT2D eigenvalue weighted by atomic mass is 9.98. The minimum Gasteiger partial charge on any atom is -0.480 e. The summed E-state index contributed by atoms with van der Waals surface area (Å²) in [6, 6.07) is 9.79. The number of nitrogens with one attached hydrogen (secondary N) is 2. The monoisotopic (exact) mass is 440 g/mol. The van der Waals surface area contributed by atoms with Gasteiger partial charge in [-0.2, -0.15) is 0 Å². The Morgan fingerprint density at radius 3 is 2.73 bits per heavy atom. The summed E-state index contributed by atoms with van der Waals surface area (Å²) >= 11 is 7.44. The van der Waals surface area contributed by atoms with Crippen LogP contribution in [0.15, 0.2) is 74.3 Å². The second-order valence-electron chi connectivity index (χ2n) is 6.04. The van der Waals surface area contributed by atoms with E-state index in [2.05, 4.69) is 36.7 Å². The van der Waals surface area contributed by atoms with Gasteiger partial charge in [0.15, 0.2) is 0 Å². The Hall–Kier alpha value is -3.10. The first kappa shape index (κ1) is 21.6. The smallest absolute Gasteiger partial charge is 0.228 e. The fourth-order valence-corrected chi connectivity index (χ4v) is 3.81. The molecule has 0 amide bonds. The van der Waals surface area contributed by atoms with E-state index >= 15 is 0 Å². The second-order valence-corrected chi connectivity index (χ2v) is 7.32. The van der Waals surface area contributed by atoms with E-state index in [4.69, 9.17) is 16.3 Å². The quantitative estimate of drug-likeness (QED) is 0.510. The van der Waals surface area contributed by atoms with Gasteiger partial charge in [-0.25, -0.2) is 4.98 Å². The number of aliphatic imine (C=N–C) groups is 3. The van der Waals surface area contributed by atoms with E-state index in [-0.39, 0.29) is 0 Å². The van der Waals surface area contributed by atoms with Gasteiger partial charge in [-0.05, 0) is 48.5 Å². The van der Waals surface area contributed by atoms with Crippen LogP contribution in [-0.4, -0.2) is 44.6 Å². The first-order chi connectivity index (χ1) is 14.6. The van der Waals surface area contributed by atoms with E-state index in [0.29, 0.717) is 16.7 Å². The molecule has 154 valence electrons. The Bertz CT molecular complexity index is 1080. The summed E-state index contributed by atoms with van der Waals surface area (Å²) in [4.78, 5) is 17.5.